The molecule has 0 aliphatic rings. The van der Waals surface area contributed by atoms with E-state index in [9.17, 15) is 8.42 Å². The van der Waals surface area contributed by atoms with Crippen molar-refractivity contribution in [2.24, 2.45) is 0 Å². The average Bonchev–Trinajstić information content (AvgIpc) is 2.80. The summed E-state index contributed by atoms with van der Waals surface area (Å²) in [6, 6.07) is 12.1. The number of nitrogens with two attached hydrogens (primary N) is 1. The fourth-order valence-electron chi connectivity index (χ4n) is 2.02. The van der Waals surface area contributed by atoms with Gasteiger partial charge in [-0.3, -0.25) is 0 Å². The molecular weight excluding hydrogens is 274 g/mol. The predicted octanol–water partition coefficient (Wildman–Crippen LogP) is 2.22. The number of hydrogen-bond donors (Lipinski definition) is 2. The smallest absolute Gasteiger partial charge is 0.175 e. The van der Waals surface area contributed by atoms with Crippen LogP contribution in [0, 0.1) is 0 Å². The van der Waals surface area contributed by atoms with Gasteiger partial charge in [-0.25, -0.2) is 13.4 Å². The molecule has 1 aromatic heterocycles. The molecule has 102 valence electrons. The first-order valence-corrected chi connectivity index (χ1v) is 7.88. The van der Waals surface area contributed by atoms with Crippen LogP contribution in [-0.2, 0) is 9.84 Å². The Morgan fingerprint density at radius 1 is 1.10 bits per heavy atom. The maximum absolute atomic E-state index is 11.4. The van der Waals surface area contributed by atoms with Crippen molar-refractivity contribution in [3.05, 3.63) is 42.5 Å². The molecule has 3 aromatic rings. The van der Waals surface area contributed by atoms with Crippen molar-refractivity contribution < 1.29 is 8.42 Å². The SMILES string of the molecule is CS(=O)(=O)c1ccc(-c2nc3ccc(N)cc3[nH]2)cc1. The number of nitrogens with zero attached hydrogens (tertiary/aromatic N) is 1. The van der Waals surface area contributed by atoms with Gasteiger partial charge in [-0.05, 0) is 42.5 Å². The van der Waals surface area contributed by atoms with Gasteiger partial charge < -0.3 is 10.7 Å². The number of hydrogen-bond acceptors (Lipinski definition) is 4. The monoisotopic (exact) mass is 287 g/mol. The molecule has 1 heterocycles. The molecule has 3 N–H and O–H groups in total. The number of sulfone groups is 1. The summed E-state index contributed by atoms with van der Waals surface area (Å²) in [5.74, 6) is 0.686. The molecule has 0 amide bonds. The zero-order valence-electron chi connectivity index (χ0n) is 10.8. The summed E-state index contributed by atoms with van der Waals surface area (Å²) in [5.41, 5.74) is 8.89. The van der Waals surface area contributed by atoms with E-state index in [0.717, 1.165) is 16.6 Å². The summed E-state index contributed by atoms with van der Waals surface area (Å²) < 4.78 is 22.8. The molecule has 0 unspecified atom stereocenters. The Balaban J connectivity index is 2.07. The highest BCUT2D eigenvalue weighted by molar-refractivity contribution is 7.90. The largest absolute Gasteiger partial charge is 0.399 e. The lowest BCUT2D eigenvalue weighted by Gasteiger charge is -1.99. The van der Waals surface area contributed by atoms with Crippen LogP contribution >= 0.6 is 0 Å². The first kappa shape index (κ1) is 12.7. The summed E-state index contributed by atoms with van der Waals surface area (Å²) >= 11 is 0. The number of fused-ring (bicyclic) bond motifs is 1. The van der Waals surface area contributed by atoms with E-state index in [0.29, 0.717) is 16.4 Å². The molecule has 3 rings (SSSR count). The van der Waals surface area contributed by atoms with Gasteiger partial charge in [0.05, 0.1) is 15.9 Å². The molecular formula is C14H13N3O2S. The van der Waals surface area contributed by atoms with E-state index in [-0.39, 0.29) is 0 Å². The zero-order chi connectivity index (χ0) is 14.3. The van der Waals surface area contributed by atoms with Crippen LogP contribution in [0.15, 0.2) is 47.4 Å². The molecule has 0 atom stereocenters. The lowest BCUT2D eigenvalue weighted by Crippen LogP contribution is -1.96. The highest BCUT2D eigenvalue weighted by atomic mass is 32.2. The lowest BCUT2D eigenvalue weighted by molar-refractivity contribution is 0.602. The van der Waals surface area contributed by atoms with E-state index in [1.165, 1.54) is 6.26 Å². The zero-order valence-corrected chi connectivity index (χ0v) is 11.6. The molecule has 0 saturated heterocycles. The molecule has 0 radical (unpaired) electrons. The highest BCUT2D eigenvalue weighted by Crippen LogP contribution is 2.23. The lowest BCUT2D eigenvalue weighted by atomic mass is 10.2. The first-order valence-electron chi connectivity index (χ1n) is 5.99. The molecule has 0 spiro atoms. The summed E-state index contributed by atoms with van der Waals surface area (Å²) in [7, 11) is -3.18. The number of nitrogen functional groups attached to an aromatic ring is 1. The van der Waals surface area contributed by atoms with Crippen molar-refractivity contribution in [3.63, 3.8) is 0 Å². The summed E-state index contributed by atoms with van der Waals surface area (Å²) in [5, 5.41) is 0. The second-order valence-electron chi connectivity index (χ2n) is 4.66. The Morgan fingerprint density at radius 2 is 1.80 bits per heavy atom. The standard InChI is InChI=1S/C14H13N3O2S/c1-20(18,19)11-5-2-9(3-6-11)14-16-12-7-4-10(15)8-13(12)17-14/h2-8H,15H2,1H3,(H,16,17). The van der Waals surface area contributed by atoms with Crippen LogP contribution in [0.2, 0.25) is 0 Å². The van der Waals surface area contributed by atoms with Crippen LogP contribution in [0.4, 0.5) is 5.69 Å². The van der Waals surface area contributed by atoms with Crippen molar-refractivity contribution in [2.45, 2.75) is 4.90 Å². The van der Waals surface area contributed by atoms with Crippen LogP contribution in [0.3, 0.4) is 0 Å². The van der Waals surface area contributed by atoms with Crippen LogP contribution in [-0.4, -0.2) is 24.6 Å². The van der Waals surface area contributed by atoms with E-state index in [2.05, 4.69) is 9.97 Å². The summed E-state index contributed by atoms with van der Waals surface area (Å²) in [6.07, 6.45) is 1.19. The Bertz CT molecular complexity index is 880. The second kappa shape index (κ2) is 4.35. The third-order valence-electron chi connectivity index (χ3n) is 3.06. The van der Waals surface area contributed by atoms with E-state index >= 15 is 0 Å². The number of benzene rings is 2. The summed E-state index contributed by atoms with van der Waals surface area (Å²) in [4.78, 5) is 7.92. The molecule has 0 fully saturated rings. The van der Waals surface area contributed by atoms with Crippen molar-refractivity contribution in [2.75, 3.05) is 12.0 Å². The molecule has 0 aliphatic heterocycles. The van der Waals surface area contributed by atoms with Gasteiger partial charge in [0, 0.05) is 17.5 Å². The Hall–Kier alpha value is -2.34. The van der Waals surface area contributed by atoms with Crippen LogP contribution in [0.1, 0.15) is 0 Å². The fraction of sp³-hybridized carbons (Fsp3) is 0.0714. The molecule has 2 aromatic carbocycles. The van der Waals surface area contributed by atoms with Crippen molar-refractivity contribution in [1.82, 2.24) is 9.97 Å². The number of aromatic nitrogens is 2. The fourth-order valence-corrected chi connectivity index (χ4v) is 2.65. The minimum atomic E-state index is -3.18. The molecule has 20 heavy (non-hydrogen) atoms. The summed E-state index contributed by atoms with van der Waals surface area (Å²) in [6.45, 7) is 0. The Kier molecular flexibility index (Phi) is 2.76. The van der Waals surface area contributed by atoms with E-state index in [4.69, 9.17) is 5.73 Å². The molecule has 5 nitrogen and oxygen atoms in total. The van der Waals surface area contributed by atoms with E-state index < -0.39 is 9.84 Å². The van der Waals surface area contributed by atoms with Gasteiger partial charge >= 0.3 is 0 Å². The van der Waals surface area contributed by atoms with Crippen molar-refractivity contribution in [3.8, 4) is 11.4 Å². The number of imidazole rings is 1. The van der Waals surface area contributed by atoms with Gasteiger partial charge in [-0.2, -0.15) is 0 Å². The quantitative estimate of drug-likeness (QED) is 0.707. The number of nitrogens with one attached hydrogen (secondary N) is 1. The second-order valence-corrected chi connectivity index (χ2v) is 6.67. The van der Waals surface area contributed by atoms with Crippen molar-refractivity contribution >= 4 is 26.6 Å². The average molecular weight is 287 g/mol. The van der Waals surface area contributed by atoms with E-state index in [1.807, 2.05) is 12.1 Å². The maximum Gasteiger partial charge on any atom is 0.175 e. The van der Waals surface area contributed by atoms with Crippen LogP contribution in [0.25, 0.3) is 22.4 Å². The van der Waals surface area contributed by atoms with Gasteiger partial charge in [0.1, 0.15) is 5.82 Å². The van der Waals surface area contributed by atoms with Gasteiger partial charge in [-0.15, -0.1) is 0 Å². The minimum absolute atomic E-state index is 0.293. The third-order valence-corrected chi connectivity index (χ3v) is 4.19. The third kappa shape index (κ3) is 2.25. The minimum Gasteiger partial charge on any atom is -0.399 e. The first-order chi connectivity index (χ1) is 9.43. The van der Waals surface area contributed by atoms with Crippen LogP contribution in [0.5, 0.6) is 0 Å². The molecule has 0 saturated carbocycles. The van der Waals surface area contributed by atoms with Gasteiger partial charge in [0.15, 0.2) is 9.84 Å². The van der Waals surface area contributed by atoms with Gasteiger partial charge in [0.2, 0.25) is 0 Å². The van der Waals surface area contributed by atoms with Gasteiger partial charge in [-0.1, -0.05) is 0 Å². The number of H-pyrrole nitrogens is 1. The van der Waals surface area contributed by atoms with Crippen molar-refractivity contribution in [1.29, 1.82) is 0 Å². The normalized spacial score (nSPS) is 11.8. The van der Waals surface area contributed by atoms with Crippen LogP contribution < -0.4 is 5.73 Å². The molecule has 0 aliphatic carbocycles. The maximum atomic E-state index is 11.4. The molecule has 0 bridgehead atoms. The highest BCUT2D eigenvalue weighted by Gasteiger charge is 2.09. The predicted molar refractivity (Wildman–Crippen MR) is 79.1 cm³/mol. The Morgan fingerprint density at radius 3 is 2.45 bits per heavy atom. The Labute approximate surface area is 116 Å². The van der Waals surface area contributed by atoms with Gasteiger partial charge in [0.25, 0.3) is 0 Å². The topological polar surface area (TPSA) is 88.8 Å². The number of rotatable bonds is 2. The van der Waals surface area contributed by atoms with E-state index in [1.54, 1.807) is 30.3 Å². The number of anilines is 1. The molecule has 6 heteroatoms. The number of aromatic amines is 1.